The number of hydrogen-bond donors (Lipinski definition) is 3. The second-order valence-electron chi connectivity index (χ2n) is 3.82. The van der Waals surface area contributed by atoms with Crippen molar-refractivity contribution in [1.29, 1.82) is 0 Å². The lowest BCUT2D eigenvalue weighted by Crippen LogP contribution is -2.06. The van der Waals surface area contributed by atoms with Gasteiger partial charge < -0.3 is 5.11 Å². The topological polar surface area (TPSA) is 111 Å². The number of aromatic carboxylic acids is 1. The number of aromatic nitrogens is 2. The average molecular weight is 300 g/mol. The fraction of sp³-hybridized carbons (Fsp3) is 0.0909. The summed E-state index contributed by atoms with van der Waals surface area (Å²) in [5.74, 6) is -1.32. The molecule has 21 heavy (non-hydrogen) atoms. The van der Waals surface area contributed by atoms with Crippen LogP contribution in [-0.2, 0) is 6.18 Å². The SMILES string of the molecule is O=C(O)c1ccccc1N=Nc1c(C(F)(F)F)[nH][nH]c1=O. The summed E-state index contributed by atoms with van der Waals surface area (Å²) >= 11 is 0. The molecule has 0 amide bonds. The zero-order chi connectivity index (χ0) is 15.6. The smallest absolute Gasteiger partial charge is 0.435 e. The minimum atomic E-state index is -4.82. The molecule has 0 radical (unpaired) electrons. The van der Waals surface area contributed by atoms with Crippen LogP contribution in [-0.4, -0.2) is 21.3 Å². The maximum Gasteiger partial charge on any atom is 0.435 e. The molecule has 3 N–H and O–H groups in total. The molecule has 1 heterocycles. The number of H-pyrrole nitrogens is 2. The van der Waals surface area contributed by atoms with Crippen molar-refractivity contribution in [2.75, 3.05) is 0 Å². The Morgan fingerprint density at radius 2 is 1.81 bits per heavy atom. The van der Waals surface area contributed by atoms with Gasteiger partial charge in [0.25, 0.3) is 5.56 Å². The molecule has 0 saturated heterocycles. The van der Waals surface area contributed by atoms with Gasteiger partial charge >= 0.3 is 12.1 Å². The third kappa shape index (κ3) is 2.99. The van der Waals surface area contributed by atoms with Crippen molar-refractivity contribution in [2.45, 2.75) is 6.18 Å². The predicted molar refractivity (Wildman–Crippen MR) is 64.0 cm³/mol. The molecule has 0 aliphatic rings. The summed E-state index contributed by atoms with van der Waals surface area (Å²) in [6, 6.07) is 5.32. The number of halogens is 3. The number of benzene rings is 1. The number of nitrogens with zero attached hydrogens (tertiary/aromatic N) is 2. The highest BCUT2D eigenvalue weighted by Crippen LogP contribution is 2.33. The van der Waals surface area contributed by atoms with Crippen molar-refractivity contribution < 1.29 is 23.1 Å². The van der Waals surface area contributed by atoms with Gasteiger partial charge in [-0.2, -0.15) is 13.2 Å². The van der Waals surface area contributed by atoms with E-state index in [1.165, 1.54) is 24.3 Å². The van der Waals surface area contributed by atoms with Crippen LogP contribution in [0.2, 0.25) is 0 Å². The molecule has 0 atom stereocenters. The summed E-state index contributed by atoms with van der Waals surface area (Å²) in [4.78, 5) is 22.2. The molecule has 7 nitrogen and oxygen atoms in total. The molecule has 2 aromatic rings. The Bertz CT molecular complexity index is 761. The highest BCUT2D eigenvalue weighted by molar-refractivity contribution is 5.93. The van der Waals surface area contributed by atoms with Crippen LogP contribution in [0.5, 0.6) is 0 Å². The number of azo groups is 1. The number of nitrogens with one attached hydrogen (secondary N) is 2. The summed E-state index contributed by atoms with van der Waals surface area (Å²) in [5, 5.41) is 18.9. The maximum absolute atomic E-state index is 12.6. The van der Waals surface area contributed by atoms with Crippen LogP contribution >= 0.6 is 0 Å². The molecule has 0 aliphatic heterocycles. The molecule has 10 heteroatoms. The molecule has 0 saturated carbocycles. The van der Waals surface area contributed by atoms with Crippen molar-refractivity contribution >= 4 is 17.3 Å². The predicted octanol–water partition coefficient (Wildman–Crippen LogP) is 2.84. The van der Waals surface area contributed by atoms with Crippen LogP contribution < -0.4 is 5.56 Å². The Balaban J connectivity index is 2.47. The second-order valence-corrected chi connectivity index (χ2v) is 3.82. The number of aromatic amines is 2. The van der Waals surface area contributed by atoms with Gasteiger partial charge in [-0.3, -0.25) is 15.0 Å². The summed E-state index contributed by atoms with van der Waals surface area (Å²) in [5.41, 5.74) is -3.88. The molecule has 0 spiro atoms. The molecule has 0 unspecified atom stereocenters. The summed E-state index contributed by atoms with van der Waals surface area (Å²) in [6.45, 7) is 0. The lowest BCUT2D eigenvalue weighted by Gasteiger charge is -2.02. The van der Waals surface area contributed by atoms with Crippen molar-refractivity contribution in [3.63, 3.8) is 0 Å². The Morgan fingerprint density at radius 1 is 1.14 bits per heavy atom. The standard InChI is InChI=1S/C11H7F3N4O3/c12-11(13,14)8-7(9(19)18-17-8)16-15-6-4-2-1-3-5(6)10(20)21/h1-4H,(H,20,21)(H2,17,18,19). The molecule has 0 fully saturated rings. The van der Waals surface area contributed by atoms with Gasteiger partial charge in [-0.05, 0) is 12.1 Å². The number of carboxylic acid groups (broad SMARTS) is 1. The summed E-state index contributed by atoms with van der Waals surface area (Å²) in [6.07, 6.45) is -4.82. The van der Waals surface area contributed by atoms with Crippen molar-refractivity contribution in [3.05, 3.63) is 45.9 Å². The largest absolute Gasteiger partial charge is 0.478 e. The monoisotopic (exact) mass is 300 g/mol. The van der Waals surface area contributed by atoms with E-state index in [-0.39, 0.29) is 11.3 Å². The molecule has 0 aliphatic carbocycles. The Hall–Kier alpha value is -2.91. The average Bonchev–Trinajstić information content (AvgIpc) is 2.77. The van der Waals surface area contributed by atoms with Gasteiger partial charge in [-0.1, -0.05) is 12.1 Å². The van der Waals surface area contributed by atoms with E-state index in [0.717, 1.165) is 0 Å². The molecule has 2 rings (SSSR count). The number of hydrogen-bond acceptors (Lipinski definition) is 4. The van der Waals surface area contributed by atoms with E-state index in [0.29, 0.717) is 0 Å². The van der Waals surface area contributed by atoms with Crippen molar-refractivity contribution in [2.24, 2.45) is 10.2 Å². The maximum atomic E-state index is 12.6. The van der Waals surface area contributed by atoms with Crippen LogP contribution in [0.25, 0.3) is 0 Å². The number of carbonyl (C=O) groups is 1. The first-order valence-electron chi connectivity index (χ1n) is 5.42. The van der Waals surface area contributed by atoms with Gasteiger partial charge in [0.15, 0.2) is 11.4 Å². The van der Waals surface area contributed by atoms with E-state index >= 15 is 0 Å². The molecule has 110 valence electrons. The van der Waals surface area contributed by atoms with E-state index < -0.39 is 29.1 Å². The van der Waals surface area contributed by atoms with Crippen LogP contribution in [0.1, 0.15) is 16.1 Å². The van der Waals surface area contributed by atoms with E-state index in [4.69, 9.17) is 5.11 Å². The van der Waals surface area contributed by atoms with Crippen molar-refractivity contribution in [3.8, 4) is 0 Å². The van der Waals surface area contributed by atoms with Gasteiger partial charge in [-0.25, -0.2) is 4.79 Å². The van der Waals surface area contributed by atoms with E-state index in [2.05, 4.69) is 10.2 Å². The van der Waals surface area contributed by atoms with Crippen LogP contribution in [0.3, 0.4) is 0 Å². The molecule has 1 aromatic heterocycles. The van der Waals surface area contributed by atoms with Gasteiger partial charge in [0.05, 0.1) is 5.56 Å². The fourth-order valence-corrected chi connectivity index (χ4v) is 1.50. The fourth-order valence-electron chi connectivity index (χ4n) is 1.50. The Labute approximate surface area is 114 Å². The second kappa shape index (κ2) is 5.23. The number of alkyl halides is 3. The van der Waals surface area contributed by atoms with E-state index in [1.807, 2.05) is 0 Å². The third-order valence-electron chi connectivity index (χ3n) is 2.43. The van der Waals surface area contributed by atoms with Gasteiger partial charge in [-0.15, -0.1) is 10.2 Å². The summed E-state index contributed by atoms with van der Waals surface area (Å²) < 4.78 is 37.8. The lowest BCUT2D eigenvalue weighted by atomic mass is 10.2. The van der Waals surface area contributed by atoms with Gasteiger partial charge in [0.1, 0.15) is 5.69 Å². The highest BCUT2D eigenvalue weighted by Gasteiger charge is 2.37. The zero-order valence-corrected chi connectivity index (χ0v) is 10.1. The minimum Gasteiger partial charge on any atom is -0.478 e. The van der Waals surface area contributed by atoms with Gasteiger partial charge in [0.2, 0.25) is 0 Å². The van der Waals surface area contributed by atoms with Gasteiger partial charge in [0, 0.05) is 0 Å². The third-order valence-corrected chi connectivity index (χ3v) is 2.43. The zero-order valence-electron chi connectivity index (χ0n) is 10.1. The first kappa shape index (κ1) is 14.5. The lowest BCUT2D eigenvalue weighted by molar-refractivity contribution is -0.140. The number of rotatable bonds is 3. The van der Waals surface area contributed by atoms with E-state index in [9.17, 15) is 22.8 Å². The first-order valence-corrected chi connectivity index (χ1v) is 5.42. The normalized spacial score (nSPS) is 12.0. The highest BCUT2D eigenvalue weighted by atomic mass is 19.4. The quantitative estimate of drug-likeness (QED) is 0.758. The summed E-state index contributed by atoms with van der Waals surface area (Å²) in [7, 11) is 0. The molecule has 1 aromatic carbocycles. The Kier molecular flexibility index (Phi) is 3.61. The molecule has 0 bridgehead atoms. The Morgan fingerprint density at radius 3 is 2.43 bits per heavy atom. The van der Waals surface area contributed by atoms with Crippen LogP contribution in [0, 0.1) is 0 Å². The van der Waals surface area contributed by atoms with Crippen LogP contribution in [0.15, 0.2) is 39.3 Å². The van der Waals surface area contributed by atoms with Crippen molar-refractivity contribution in [1.82, 2.24) is 10.2 Å². The molecular formula is C11H7F3N4O3. The molecular weight excluding hydrogens is 293 g/mol. The first-order chi connectivity index (χ1) is 9.80. The van der Waals surface area contributed by atoms with Crippen LogP contribution in [0.4, 0.5) is 24.5 Å². The minimum absolute atomic E-state index is 0.168. The van der Waals surface area contributed by atoms with E-state index in [1.54, 1.807) is 10.2 Å². The number of carboxylic acids is 1.